The lowest BCUT2D eigenvalue weighted by atomic mass is 9.94. The lowest BCUT2D eigenvalue weighted by Gasteiger charge is -2.28. The van der Waals surface area contributed by atoms with Crippen molar-refractivity contribution >= 4 is 6.03 Å². The Balaban J connectivity index is 1.75. The van der Waals surface area contributed by atoms with Gasteiger partial charge in [0.05, 0.1) is 12.1 Å². The fourth-order valence-corrected chi connectivity index (χ4v) is 3.42. The summed E-state index contributed by atoms with van der Waals surface area (Å²) in [4.78, 5) is 12.0. The number of aliphatic hydroxyl groups is 1. The van der Waals surface area contributed by atoms with E-state index >= 15 is 0 Å². The van der Waals surface area contributed by atoms with Gasteiger partial charge in [-0.2, -0.15) is 0 Å². The quantitative estimate of drug-likeness (QED) is 0.693. The smallest absolute Gasteiger partial charge is 0.315 e. The SMILES string of the molecule is CC(C)CC1(CNC(=O)NC2(CO)CCCC2)CC1. The van der Waals surface area contributed by atoms with Crippen LogP contribution in [-0.4, -0.2) is 29.8 Å². The summed E-state index contributed by atoms with van der Waals surface area (Å²) in [6.07, 6.45) is 7.64. The van der Waals surface area contributed by atoms with Gasteiger partial charge in [0.15, 0.2) is 0 Å². The van der Waals surface area contributed by atoms with Gasteiger partial charge < -0.3 is 15.7 Å². The standard InChI is InChI=1S/C15H28N2O2/c1-12(2)9-14(7-8-14)10-16-13(19)17-15(11-18)5-3-4-6-15/h12,18H,3-11H2,1-2H3,(H2,16,17,19). The van der Waals surface area contributed by atoms with Crippen molar-refractivity contribution in [2.45, 2.75) is 64.3 Å². The topological polar surface area (TPSA) is 61.4 Å². The molecule has 0 spiro atoms. The van der Waals surface area contributed by atoms with Gasteiger partial charge in [0, 0.05) is 6.54 Å². The van der Waals surface area contributed by atoms with Crippen LogP contribution in [0.3, 0.4) is 0 Å². The molecule has 0 aliphatic heterocycles. The zero-order valence-corrected chi connectivity index (χ0v) is 12.3. The highest BCUT2D eigenvalue weighted by Crippen LogP contribution is 2.50. The van der Waals surface area contributed by atoms with Crippen LogP contribution in [0.4, 0.5) is 4.79 Å². The molecule has 2 fully saturated rings. The highest BCUT2D eigenvalue weighted by molar-refractivity contribution is 5.75. The molecule has 3 N–H and O–H groups in total. The molecule has 2 rings (SSSR count). The van der Waals surface area contributed by atoms with Crippen molar-refractivity contribution in [1.29, 1.82) is 0 Å². The van der Waals surface area contributed by atoms with E-state index < -0.39 is 0 Å². The van der Waals surface area contributed by atoms with E-state index in [2.05, 4.69) is 24.5 Å². The first kappa shape index (κ1) is 14.6. The summed E-state index contributed by atoms with van der Waals surface area (Å²) >= 11 is 0. The second kappa shape index (κ2) is 5.70. The molecular weight excluding hydrogens is 240 g/mol. The number of hydrogen-bond acceptors (Lipinski definition) is 2. The number of carbonyl (C=O) groups is 1. The first-order valence-electron chi connectivity index (χ1n) is 7.66. The molecule has 0 atom stereocenters. The van der Waals surface area contributed by atoms with Crippen molar-refractivity contribution in [2.24, 2.45) is 11.3 Å². The average molecular weight is 268 g/mol. The predicted octanol–water partition coefficient (Wildman–Crippen LogP) is 2.42. The van der Waals surface area contributed by atoms with E-state index in [1.807, 2.05) is 0 Å². The van der Waals surface area contributed by atoms with E-state index in [1.165, 1.54) is 19.3 Å². The van der Waals surface area contributed by atoms with Crippen LogP contribution in [0.2, 0.25) is 0 Å². The molecule has 4 nitrogen and oxygen atoms in total. The number of carbonyl (C=O) groups excluding carboxylic acids is 1. The number of hydrogen-bond donors (Lipinski definition) is 3. The van der Waals surface area contributed by atoms with Crippen molar-refractivity contribution in [3.8, 4) is 0 Å². The van der Waals surface area contributed by atoms with Crippen LogP contribution in [0.1, 0.15) is 58.8 Å². The van der Waals surface area contributed by atoms with Gasteiger partial charge in [-0.1, -0.05) is 26.7 Å². The summed E-state index contributed by atoms with van der Waals surface area (Å²) in [5.74, 6) is 0.686. The molecule has 2 aliphatic carbocycles. The Kier molecular flexibility index (Phi) is 4.39. The maximum atomic E-state index is 12.0. The van der Waals surface area contributed by atoms with Crippen LogP contribution in [0.5, 0.6) is 0 Å². The molecular formula is C15H28N2O2. The number of urea groups is 1. The highest BCUT2D eigenvalue weighted by atomic mass is 16.3. The van der Waals surface area contributed by atoms with Gasteiger partial charge in [0.2, 0.25) is 0 Å². The minimum atomic E-state index is -0.362. The molecule has 0 aromatic rings. The Morgan fingerprint density at radius 1 is 1.21 bits per heavy atom. The van der Waals surface area contributed by atoms with Gasteiger partial charge in [0.25, 0.3) is 0 Å². The molecule has 4 heteroatoms. The maximum absolute atomic E-state index is 12.0. The zero-order valence-electron chi connectivity index (χ0n) is 12.3. The van der Waals surface area contributed by atoms with Crippen molar-refractivity contribution < 1.29 is 9.90 Å². The average Bonchev–Trinajstić information content (AvgIpc) is 2.95. The summed E-state index contributed by atoms with van der Waals surface area (Å²) in [6, 6.07) is -0.106. The summed E-state index contributed by atoms with van der Waals surface area (Å²) in [6.45, 7) is 5.30. The maximum Gasteiger partial charge on any atom is 0.315 e. The van der Waals surface area contributed by atoms with Crippen LogP contribution < -0.4 is 10.6 Å². The fourth-order valence-electron chi connectivity index (χ4n) is 3.42. The molecule has 0 bridgehead atoms. The Morgan fingerprint density at radius 3 is 2.32 bits per heavy atom. The van der Waals surface area contributed by atoms with E-state index in [9.17, 15) is 9.90 Å². The lowest BCUT2D eigenvalue weighted by molar-refractivity contribution is 0.162. The Labute approximate surface area is 116 Å². The largest absolute Gasteiger partial charge is 0.394 e. The minimum absolute atomic E-state index is 0.0531. The van der Waals surface area contributed by atoms with Gasteiger partial charge in [0.1, 0.15) is 0 Å². The Morgan fingerprint density at radius 2 is 1.84 bits per heavy atom. The number of nitrogens with one attached hydrogen (secondary N) is 2. The molecule has 0 saturated heterocycles. The highest BCUT2D eigenvalue weighted by Gasteiger charge is 2.43. The lowest BCUT2D eigenvalue weighted by Crippen LogP contribution is -2.53. The Bertz CT molecular complexity index is 318. The second-order valence-electron chi connectivity index (χ2n) is 7.05. The minimum Gasteiger partial charge on any atom is -0.394 e. The molecule has 0 unspecified atom stereocenters. The summed E-state index contributed by atoms with van der Waals surface area (Å²) in [5, 5.41) is 15.5. The van der Waals surface area contributed by atoms with Crippen LogP contribution in [0.25, 0.3) is 0 Å². The van der Waals surface area contributed by atoms with Crippen molar-refractivity contribution in [3.63, 3.8) is 0 Å². The van der Waals surface area contributed by atoms with E-state index in [4.69, 9.17) is 0 Å². The van der Waals surface area contributed by atoms with Gasteiger partial charge in [-0.3, -0.25) is 0 Å². The van der Waals surface area contributed by atoms with Crippen molar-refractivity contribution in [1.82, 2.24) is 10.6 Å². The normalized spacial score (nSPS) is 23.4. The summed E-state index contributed by atoms with van der Waals surface area (Å²) < 4.78 is 0. The first-order valence-corrected chi connectivity index (χ1v) is 7.66. The van der Waals surface area contributed by atoms with Gasteiger partial charge in [-0.05, 0) is 43.4 Å². The van der Waals surface area contributed by atoms with Gasteiger partial charge >= 0.3 is 6.03 Å². The molecule has 2 amide bonds. The second-order valence-corrected chi connectivity index (χ2v) is 7.05. The fraction of sp³-hybridized carbons (Fsp3) is 0.933. The summed E-state index contributed by atoms with van der Waals surface area (Å²) in [7, 11) is 0. The van der Waals surface area contributed by atoms with E-state index in [1.54, 1.807) is 0 Å². The van der Waals surface area contributed by atoms with Gasteiger partial charge in [-0.15, -0.1) is 0 Å². The van der Waals surface area contributed by atoms with Crippen LogP contribution >= 0.6 is 0 Å². The molecule has 19 heavy (non-hydrogen) atoms. The van der Waals surface area contributed by atoms with Crippen LogP contribution in [0, 0.1) is 11.3 Å². The number of rotatable bonds is 6. The number of amides is 2. The van der Waals surface area contributed by atoms with Crippen LogP contribution in [0.15, 0.2) is 0 Å². The third kappa shape index (κ3) is 3.85. The predicted molar refractivity (Wildman–Crippen MR) is 75.9 cm³/mol. The Hall–Kier alpha value is -0.770. The van der Waals surface area contributed by atoms with E-state index in [0.29, 0.717) is 11.3 Å². The van der Waals surface area contributed by atoms with E-state index in [0.717, 1.165) is 32.2 Å². The van der Waals surface area contributed by atoms with Crippen molar-refractivity contribution in [3.05, 3.63) is 0 Å². The summed E-state index contributed by atoms with van der Waals surface area (Å²) in [5.41, 5.74) is -0.00753. The number of aliphatic hydroxyl groups excluding tert-OH is 1. The third-order valence-electron chi connectivity index (χ3n) is 4.66. The molecule has 0 radical (unpaired) electrons. The molecule has 110 valence electrons. The monoisotopic (exact) mass is 268 g/mol. The molecule has 2 aliphatic rings. The molecule has 2 saturated carbocycles. The zero-order chi connectivity index (χ0) is 13.9. The van der Waals surface area contributed by atoms with E-state index in [-0.39, 0.29) is 18.2 Å². The molecule has 0 aromatic carbocycles. The molecule has 0 aromatic heterocycles. The van der Waals surface area contributed by atoms with Crippen LogP contribution in [-0.2, 0) is 0 Å². The first-order chi connectivity index (χ1) is 8.99. The van der Waals surface area contributed by atoms with Crippen molar-refractivity contribution in [2.75, 3.05) is 13.2 Å². The van der Waals surface area contributed by atoms with Gasteiger partial charge in [-0.25, -0.2) is 4.79 Å². The molecule has 0 heterocycles. The third-order valence-corrected chi connectivity index (χ3v) is 4.66.